The van der Waals surface area contributed by atoms with Gasteiger partial charge in [0.15, 0.2) is 11.6 Å². The van der Waals surface area contributed by atoms with E-state index in [1.165, 1.54) is 0 Å². The van der Waals surface area contributed by atoms with Crippen molar-refractivity contribution in [1.82, 2.24) is 19.8 Å². The molecular weight excluding hydrogens is 597 g/mol. The van der Waals surface area contributed by atoms with Gasteiger partial charge < -0.3 is 14.8 Å². The molecule has 0 bridgehead atoms. The summed E-state index contributed by atoms with van der Waals surface area (Å²) in [6, 6.07) is 7.30. The fourth-order valence-electron chi connectivity index (χ4n) is 5.34. The molecule has 1 saturated heterocycles. The first-order valence-corrected chi connectivity index (χ1v) is 15.7. The van der Waals surface area contributed by atoms with Gasteiger partial charge in [0, 0.05) is 56.4 Å². The maximum Gasteiger partial charge on any atom is 0.261 e. The smallest absolute Gasteiger partial charge is 0.261 e. The summed E-state index contributed by atoms with van der Waals surface area (Å²) in [6.07, 6.45) is 0.995. The minimum absolute atomic E-state index is 0.00376. The third-order valence-electron chi connectivity index (χ3n) is 7.91. The summed E-state index contributed by atoms with van der Waals surface area (Å²) >= 11 is -1.50. The van der Waals surface area contributed by atoms with Crippen LogP contribution in [0.3, 0.4) is 0 Å². The second-order valence-corrected chi connectivity index (χ2v) is 14.0. The van der Waals surface area contributed by atoms with Crippen LogP contribution >= 0.6 is 0 Å². The average Bonchev–Trinajstić information content (AvgIpc) is 3.22. The number of likely N-dealkylation sites (tertiary alicyclic amines) is 1. The van der Waals surface area contributed by atoms with Gasteiger partial charge in [0.2, 0.25) is 11.8 Å². The van der Waals surface area contributed by atoms with Crippen LogP contribution < -0.4 is 10.0 Å². The van der Waals surface area contributed by atoms with E-state index in [-0.39, 0.29) is 49.7 Å². The minimum Gasteiger partial charge on any atom is -0.598 e. The molecule has 0 radical (unpaired) electrons. The molecule has 0 saturated carbocycles. The highest BCUT2D eigenvalue weighted by Crippen LogP contribution is 2.28. The van der Waals surface area contributed by atoms with Gasteiger partial charge in [0.1, 0.15) is 10.6 Å². The molecular formula is C31H37F3N4O5S. The Kier molecular flexibility index (Phi) is 10.7. The number of nitrogens with one attached hydrogen (secondary N) is 2. The van der Waals surface area contributed by atoms with Gasteiger partial charge in [-0.15, -0.1) is 4.72 Å². The molecule has 2 N–H and O–H groups in total. The second kappa shape index (κ2) is 14.1. The van der Waals surface area contributed by atoms with Crippen LogP contribution in [-0.4, -0.2) is 74.9 Å². The number of nitrogens with zero attached hydrogens (tertiary/aromatic N) is 2. The van der Waals surface area contributed by atoms with Crippen molar-refractivity contribution in [2.45, 2.75) is 63.7 Å². The largest absolute Gasteiger partial charge is 0.598 e. The van der Waals surface area contributed by atoms with Crippen LogP contribution in [0.25, 0.3) is 0 Å². The van der Waals surface area contributed by atoms with Crippen molar-refractivity contribution in [2.24, 2.45) is 5.92 Å². The van der Waals surface area contributed by atoms with Crippen LogP contribution in [0.5, 0.6) is 0 Å². The van der Waals surface area contributed by atoms with E-state index in [0.29, 0.717) is 43.1 Å². The number of hydrogen-bond acceptors (Lipinski definition) is 6. The minimum atomic E-state index is -1.50. The zero-order valence-corrected chi connectivity index (χ0v) is 25.8. The summed E-state index contributed by atoms with van der Waals surface area (Å²) < 4.78 is 57.2. The number of amides is 4. The van der Waals surface area contributed by atoms with Crippen molar-refractivity contribution in [3.63, 3.8) is 0 Å². The fourth-order valence-corrected chi connectivity index (χ4v) is 6.24. The van der Waals surface area contributed by atoms with Gasteiger partial charge in [-0.05, 0) is 69.7 Å². The first kappa shape index (κ1) is 33.5. The Morgan fingerprint density at radius 3 is 2.16 bits per heavy atom. The van der Waals surface area contributed by atoms with Crippen molar-refractivity contribution in [1.29, 1.82) is 0 Å². The third-order valence-corrected chi connectivity index (χ3v) is 9.54. The van der Waals surface area contributed by atoms with Crippen LogP contribution in [0.4, 0.5) is 13.2 Å². The fraction of sp³-hybridized carbons (Fsp3) is 0.484. The molecule has 0 spiro atoms. The van der Waals surface area contributed by atoms with E-state index in [1.54, 1.807) is 49.9 Å². The lowest BCUT2D eigenvalue weighted by molar-refractivity contribution is -0.132. The molecule has 2 aliphatic rings. The molecule has 1 fully saturated rings. The number of benzene rings is 2. The van der Waals surface area contributed by atoms with Crippen LogP contribution in [0.2, 0.25) is 0 Å². The number of hydrogen-bond donors (Lipinski definition) is 2. The first-order chi connectivity index (χ1) is 20.8. The zero-order valence-electron chi connectivity index (χ0n) is 25.0. The van der Waals surface area contributed by atoms with Gasteiger partial charge in [-0.3, -0.25) is 24.1 Å². The molecule has 0 aromatic heterocycles. The molecule has 2 atom stereocenters. The van der Waals surface area contributed by atoms with Gasteiger partial charge in [0.05, 0.1) is 17.2 Å². The summed E-state index contributed by atoms with van der Waals surface area (Å²) in [5.41, 5.74) is 0.603. The normalized spacial score (nSPS) is 17.1. The number of rotatable bonds is 11. The lowest BCUT2D eigenvalue weighted by atomic mass is 9.86. The molecule has 1 unspecified atom stereocenters. The average molecular weight is 635 g/mol. The highest BCUT2D eigenvalue weighted by atomic mass is 32.2. The predicted molar refractivity (Wildman–Crippen MR) is 158 cm³/mol. The van der Waals surface area contributed by atoms with Crippen LogP contribution in [0.1, 0.15) is 72.7 Å². The molecule has 2 aromatic carbocycles. The monoisotopic (exact) mass is 634 g/mol. The lowest BCUT2D eigenvalue weighted by Crippen LogP contribution is -2.51. The van der Waals surface area contributed by atoms with Crippen LogP contribution in [0, 0.1) is 23.4 Å². The first-order valence-electron chi connectivity index (χ1n) is 14.6. The molecule has 0 aliphatic carbocycles. The summed E-state index contributed by atoms with van der Waals surface area (Å²) in [5, 5.41) is 2.66. The van der Waals surface area contributed by atoms with Crippen molar-refractivity contribution in [3.8, 4) is 0 Å². The molecule has 2 aliphatic heterocycles. The number of carbonyl (C=O) groups is 4. The lowest BCUT2D eigenvalue weighted by Gasteiger charge is -2.37. The van der Waals surface area contributed by atoms with Crippen molar-refractivity contribution >= 4 is 35.0 Å². The number of halogens is 3. The van der Waals surface area contributed by atoms with E-state index in [2.05, 4.69) is 10.0 Å². The van der Waals surface area contributed by atoms with E-state index in [1.807, 2.05) is 0 Å². The van der Waals surface area contributed by atoms with Crippen LogP contribution in [0.15, 0.2) is 36.4 Å². The van der Waals surface area contributed by atoms with Crippen molar-refractivity contribution < 1.29 is 36.9 Å². The number of fused-ring (bicyclic) bond motifs is 1. The van der Waals surface area contributed by atoms with E-state index < -0.39 is 57.3 Å². The summed E-state index contributed by atoms with van der Waals surface area (Å²) in [6.45, 7) is 6.16. The Morgan fingerprint density at radius 2 is 1.57 bits per heavy atom. The van der Waals surface area contributed by atoms with E-state index in [4.69, 9.17) is 0 Å². The number of carbonyl (C=O) groups excluding carboxylic acids is 4. The highest BCUT2D eigenvalue weighted by molar-refractivity contribution is 7.90. The van der Waals surface area contributed by atoms with Gasteiger partial charge in [-0.1, -0.05) is 12.1 Å². The molecule has 4 amide bonds. The molecule has 2 heterocycles. The maximum absolute atomic E-state index is 14.5. The van der Waals surface area contributed by atoms with Gasteiger partial charge in [-0.25, -0.2) is 13.2 Å². The van der Waals surface area contributed by atoms with E-state index in [0.717, 1.165) is 11.0 Å². The molecule has 9 nitrogen and oxygen atoms in total. The second-order valence-electron chi connectivity index (χ2n) is 12.0. The summed E-state index contributed by atoms with van der Waals surface area (Å²) in [5.74, 6) is -4.86. The summed E-state index contributed by atoms with van der Waals surface area (Å²) in [7, 11) is 0. The standard InChI is InChI=1S/C31H37F3N4O5S/c1-31(2,3)44(43)36-26(17-20-16-24(33)25(34)18-23(20)32)19-9-13-37(14-10-19)28(40)8-12-35-27(39)11-15-38-29(41)21-6-4-5-7-22(21)30(38)42/h4-7,16,18-19,26,36H,8-15,17H2,1-3H3,(H,35,39)/t26-,44?/m1/s1. The Hall–Kier alpha value is -3.42. The number of imide groups is 1. The van der Waals surface area contributed by atoms with Crippen molar-refractivity contribution in [2.75, 3.05) is 26.2 Å². The van der Waals surface area contributed by atoms with E-state index in [9.17, 15) is 36.9 Å². The Balaban J connectivity index is 1.24. The Labute approximate surface area is 257 Å². The quantitative estimate of drug-likeness (QED) is 0.222. The highest BCUT2D eigenvalue weighted by Gasteiger charge is 2.36. The SMILES string of the molecule is CC(C)(C)[S+]([O-])N[C@H](Cc1cc(F)c(F)cc1F)C1CCN(C(=O)CCNC(=O)CCN2C(=O)c3ccccc3C2=O)CC1. The van der Waals surface area contributed by atoms with Gasteiger partial charge >= 0.3 is 0 Å². The third kappa shape index (κ3) is 7.99. The van der Waals surface area contributed by atoms with Crippen molar-refractivity contribution in [3.05, 3.63) is 70.5 Å². The van der Waals surface area contributed by atoms with Crippen LogP contribution in [-0.2, 0) is 27.4 Å². The zero-order chi connectivity index (χ0) is 32.2. The molecule has 238 valence electrons. The Bertz CT molecular complexity index is 1380. The topological polar surface area (TPSA) is 122 Å². The predicted octanol–water partition coefficient (Wildman–Crippen LogP) is 3.50. The molecule has 13 heteroatoms. The molecule has 44 heavy (non-hydrogen) atoms. The molecule has 4 rings (SSSR count). The Morgan fingerprint density at radius 1 is 0.977 bits per heavy atom. The van der Waals surface area contributed by atoms with Gasteiger partial charge in [-0.2, -0.15) is 0 Å². The van der Waals surface area contributed by atoms with E-state index >= 15 is 0 Å². The van der Waals surface area contributed by atoms with Gasteiger partial charge in [0.25, 0.3) is 11.8 Å². The maximum atomic E-state index is 14.5. The number of piperidine rings is 1. The summed E-state index contributed by atoms with van der Waals surface area (Å²) in [4.78, 5) is 52.8. The molecule has 2 aromatic rings.